The molecule has 0 amide bonds. The number of nitrogens with one attached hydrogen (secondary N) is 1. The van der Waals surface area contributed by atoms with Crippen molar-refractivity contribution in [3.05, 3.63) is 53.9 Å². The second-order valence-corrected chi connectivity index (χ2v) is 5.79. The molecule has 2 aromatic rings. The van der Waals surface area contributed by atoms with Crippen LogP contribution in [-0.4, -0.2) is 13.4 Å². The lowest BCUT2D eigenvalue weighted by Crippen LogP contribution is -2.13. The molecule has 1 aromatic heterocycles. The fourth-order valence-electron chi connectivity index (χ4n) is 1.51. The molecular formula is C13H14N2O2S. The van der Waals surface area contributed by atoms with E-state index >= 15 is 0 Å². The van der Waals surface area contributed by atoms with Gasteiger partial charge in [0, 0.05) is 12.4 Å². The van der Waals surface area contributed by atoms with Crippen molar-refractivity contribution in [1.82, 2.24) is 4.98 Å². The number of benzene rings is 1. The van der Waals surface area contributed by atoms with Gasteiger partial charge in [-0.15, -0.1) is 0 Å². The summed E-state index contributed by atoms with van der Waals surface area (Å²) >= 11 is 0. The summed E-state index contributed by atoms with van der Waals surface area (Å²) in [5, 5.41) is 0. The van der Waals surface area contributed by atoms with Gasteiger partial charge < -0.3 is 0 Å². The van der Waals surface area contributed by atoms with Gasteiger partial charge >= 0.3 is 0 Å². The van der Waals surface area contributed by atoms with Crippen molar-refractivity contribution in [2.24, 2.45) is 0 Å². The number of aryl methyl sites for hydroxylation is 2. The molecule has 0 saturated carbocycles. The summed E-state index contributed by atoms with van der Waals surface area (Å²) in [7, 11) is -3.53. The minimum Gasteiger partial charge on any atom is -0.279 e. The molecule has 0 aliphatic heterocycles. The summed E-state index contributed by atoms with van der Waals surface area (Å²) in [6, 6.07) is 8.37. The molecule has 18 heavy (non-hydrogen) atoms. The van der Waals surface area contributed by atoms with E-state index in [0.717, 1.165) is 11.1 Å². The smallest absolute Gasteiger partial charge is 0.261 e. The van der Waals surface area contributed by atoms with Crippen LogP contribution in [0.1, 0.15) is 11.1 Å². The molecule has 0 aliphatic carbocycles. The van der Waals surface area contributed by atoms with Crippen molar-refractivity contribution >= 4 is 15.7 Å². The molecule has 0 radical (unpaired) electrons. The van der Waals surface area contributed by atoms with Crippen molar-refractivity contribution in [3.63, 3.8) is 0 Å². The number of anilines is 1. The van der Waals surface area contributed by atoms with Crippen molar-refractivity contribution in [2.75, 3.05) is 4.72 Å². The van der Waals surface area contributed by atoms with Gasteiger partial charge in [0.25, 0.3) is 10.0 Å². The zero-order valence-corrected chi connectivity index (χ0v) is 11.0. The maximum absolute atomic E-state index is 12.1. The van der Waals surface area contributed by atoms with Gasteiger partial charge in [-0.05, 0) is 37.6 Å². The lowest BCUT2D eigenvalue weighted by molar-refractivity contribution is 0.601. The highest BCUT2D eigenvalue weighted by atomic mass is 32.2. The van der Waals surface area contributed by atoms with Crippen LogP contribution < -0.4 is 4.72 Å². The highest BCUT2D eigenvalue weighted by Gasteiger charge is 2.14. The van der Waals surface area contributed by atoms with E-state index in [1.165, 1.54) is 0 Å². The topological polar surface area (TPSA) is 59.1 Å². The van der Waals surface area contributed by atoms with Crippen LogP contribution in [-0.2, 0) is 10.0 Å². The van der Waals surface area contributed by atoms with Gasteiger partial charge in [0.15, 0.2) is 0 Å². The number of hydrogen-bond donors (Lipinski definition) is 1. The van der Waals surface area contributed by atoms with Crippen LogP contribution >= 0.6 is 0 Å². The third-order valence-corrected chi connectivity index (χ3v) is 3.98. The molecule has 0 unspecified atom stereocenters. The monoisotopic (exact) mass is 262 g/mol. The third-order valence-electron chi connectivity index (χ3n) is 2.60. The molecule has 0 aliphatic rings. The molecular weight excluding hydrogens is 248 g/mol. The van der Waals surface area contributed by atoms with Crippen LogP contribution in [0.25, 0.3) is 0 Å². The Balaban J connectivity index is 2.33. The predicted octanol–water partition coefficient (Wildman–Crippen LogP) is 2.50. The molecule has 94 valence electrons. The Kier molecular flexibility index (Phi) is 3.34. The molecule has 5 heteroatoms. The van der Waals surface area contributed by atoms with E-state index in [4.69, 9.17) is 0 Å². The highest BCUT2D eigenvalue weighted by Crippen LogP contribution is 2.18. The summed E-state index contributed by atoms with van der Waals surface area (Å²) in [4.78, 5) is 4.18. The Morgan fingerprint density at radius 1 is 1.06 bits per heavy atom. The lowest BCUT2D eigenvalue weighted by atomic mass is 10.2. The minimum absolute atomic E-state index is 0.254. The van der Waals surface area contributed by atoms with Crippen molar-refractivity contribution in [1.29, 1.82) is 0 Å². The molecule has 0 spiro atoms. The standard InChI is InChI=1S/C13H14N2O2S/c1-10-3-5-12(6-4-10)18(16,17)15-13-7-8-14-9-11(13)2/h3-9H,1-2H3,(H,14,15). The predicted molar refractivity (Wildman–Crippen MR) is 71.0 cm³/mol. The van der Waals surface area contributed by atoms with Crippen LogP contribution in [0.4, 0.5) is 5.69 Å². The normalized spacial score (nSPS) is 11.2. The number of sulfonamides is 1. The van der Waals surface area contributed by atoms with Crippen molar-refractivity contribution < 1.29 is 8.42 Å². The van der Waals surface area contributed by atoms with Crippen molar-refractivity contribution in [3.8, 4) is 0 Å². The Morgan fingerprint density at radius 2 is 1.72 bits per heavy atom. The van der Waals surface area contributed by atoms with Crippen molar-refractivity contribution in [2.45, 2.75) is 18.7 Å². The zero-order valence-electron chi connectivity index (χ0n) is 10.2. The average molecular weight is 262 g/mol. The fraction of sp³-hybridized carbons (Fsp3) is 0.154. The molecule has 0 bridgehead atoms. The summed E-state index contributed by atoms with van der Waals surface area (Å²) in [6.45, 7) is 3.72. The Labute approximate surface area is 107 Å². The molecule has 1 heterocycles. The van der Waals surface area contributed by atoms with Crippen LogP contribution in [0.5, 0.6) is 0 Å². The first-order valence-corrected chi connectivity index (χ1v) is 6.97. The van der Waals surface area contributed by atoms with E-state index in [2.05, 4.69) is 9.71 Å². The molecule has 4 nitrogen and oxygen atoms in total. The second kappa shape index (κ2) is 4.78. The molecule has 0 fully saturated rings. The Hall–Kier alpha value is -1.88. The van der Waals surface area contributed by atoms with Gasteiger partial charge in [-0.3, -0.25) is 9.71 Å². The summed E-state index contributed by atoms with van der Waals surface area (Å²) < 4.78 is 26.8. The molecule has 1 N–H and O–H groups in total. The van der Waals surface area contributed by atoms with E-state index in [9.17, 15) is 8.42 Å². The number of pyridine rings is 1. The number of rotatable bonds is 3. The zero-order chi connectivity index (χ0) is 13.2. The Bertz CT molecular complexity index is 649. The first-order valence-electron chi connectivity index (χ1n) is 5.49. The maximum Gasteiger partial charge on any atom is 0.261 e. The fourth-order valence-corrected chi connectivity index (χ4v) is 2.64. The van der Waals surface area contributed by atoms with Gasteiger partial charge in [-0.1, -0.05) is 17.7 Å². The minimum atomic E-state index is -3.53. The third kappa shape index (κ3) is 2.68. The van der Waals surface area contributed by atoms with E-state index < -0.39 is 10.0 Å². The van der Waals surface area contributed by atoms with Gasteiger partial charge in [0.05, 0.1) is 10.6 Å². The molecule has 1 aromatic carbocycles. The summed E-state index contributed by atoms with van der Waals surface area (Å²) in [5.41, 5.74) is 2.35. The molecule has 0 atom stereocenters. The quantitative estimate of drug-likeness (QED) is 0.924. The van der Waals surface area contributed by atoms with Gasteiger partial charge in [0.2, 0.25) is 0 Å². The Morgan fingerprint density at radius 3 is 2.33 bits per heavy atom. The van der Waals surface area contributed by atoms with Gasteiger partial charge in [0.1, 0.15) is 0 Å². The van der Waals surface area contributed by atoms with Gasteiger partial charge in [-0.2, -0.15) is 0 Å². The summed E-state index contributed by atoms with van der Waals surface area (Å²) in [5.74, 6) is 0. The summed E-state index contributed by atoms with van der Waals surface area (Å²) in [6.07, 6.45) is 3.17. The van der Waals surface area contributed by atoms with Crippen LogP contribution in [0.3, 0.4) is 0 Å². The van der Waals surface area contributed by atoms with Crippen LogP contribution in [0.2, 0.25) is 0 Å². The van der Waals surface area contributed by atoms with E-state index in [-0.39, 0.29) is 4.90 Å². The average Bonchev–Trinajstić information content (AvgIpc) is 2.32. The largest absolute Gasteiger partial charge is 0.279 e. The number of aromatic nitrogens is 1. The first kappa shape index (κ1) is 12.6. The van der Waals surface area contributed by atoms with Crippen LogP contribution in [0, 0.1) is 13.8 Å². The van der Waals surface area contributed by atoms with Crippen LogP contribution in [0.15, 0.2) is 47.6 Å². The lowest BCUT2D eigenvalue weighted by Gasteiger charge is -2.10. The number of hydrogen-bond acceptors (Lipinski definition) is 3. The van der Waals surface area contributed by atoms with E-state index in [0.29, 0.717) is 5.69 Å². The van der Waals surface area contributed by atoms with E-state index in [1.54, 1.807) is 49.6 Å². The first-order chi connectivity index (χ1) is 8.49. The molecule has 2 rings (SSSR count). The highest BCUT2D eigenvalue weighted by molar-refractivity contribution is 7.92. The second-order valence-electron chi connectivity index (χ2n) is 4.11. The number of nitrogens with zero attached hydrogens (tertiary/aromatic N) is 1. The van der Waals surface area contributed by atoms with Gasteiger partial charge in [-0.25, -0.2) is 8.42 Å². The maximum atomic E-state index is 12.1. The molecule has 0 saturated heterocycles. The van der Waals surface area contributed by atoms with E-state index in [1.807, 2.05) is 6.92 Å². The SMILES string of the molecule is Cc1ccc(S(=O)(=O)Nc2ccncc2C)cc1.